The van der Waals surface area contributed by atoms with E-state index in [0.29, 0.717) is 37.6 Å². The Labute approximate surface area is 193 Å². The van der Waals surface area contributed by atoms with Crippen molar-refractivity contribution in [1.29, 1.82) is 0 Å². The number of carbonyl (C=O) groups excluding carboxylic acids is 2. The Morgan fingerprint density at radius 1 is 1.24 bits per heavy atom. The first-order valence-electron chi connectivity index (χ1n) is 10.9. The molecule has 8 heteroatoms. The van der Waals surface area contributed by atoms with Crippen molar-refractivity contribution in [3.8, 4) is 23.7 Å². The van der Waals surface area contributed by atoms with Gasteiger partial charge in [-0.25, -0.2) is 9.97 Å². The molecular weight excluding hydrogens is 418 g/mol. The first-order valence-corrected chi connectivity index (χ1v) is 10.9. The zero-order chi connectivity index (χ0) is 23.5. The van der Waals surface area contributed by atoms with Crippen molar-refractivity contribution >= 4 is 29.5 Å². The molecule has 0 unspecified atom stereocenters. The number of hydrogen-bond acceptors (Lipinski definition) is 7. The number of rotatable bonds is 7. The van der Waals surface area contributed by atoms with E-state index in [1.54, 1.807) is 6.92 Å². The van der Waals surface area contributed by atoms with Gasteiger partial charge in [0.2, 0.25) is 0 Å². The van der Waals surface area contributed by atoms with Gasteiger partial charge in [0.05, 0.1) is 12.2 Å². The molecular formula is C25H27N5O3. The van der Waals surface area contributed by atoms with Crippen molar-refractivity contribution < 1.29 is 14.3 Å². The Kier molecular flexibility index (Phi) is 8.81. The molecule has 1 aliphatic heterocycles. The maximum atomic E-state index is 11.7. The van der Waals surface area contributed by atoms with Gasteiger partial charge in [-0.05, 0) is 50.3 Å². The molecule has 0 atom stereocenters. The van der Waals surface area contributed by atoms with Crippen LogP contribution in [-0.2, 0) is 16.0 Å². The smallest absolute Gasteiger partial charge is 0.296 e. The molecule has 1 amide bonds. The third kappa shape index (κ3) is 7.06. The summed E-state index contributed by atoms with van der Waals surface area (Å²) in [6.07, 6.45) is 3.16. The second kappa shape index (κ2) is 12.2. The average Bonchev–Trinajstić information content (AvgIpc) is 2.83. The van der Waals surface area contributed by atoms with Crippen LogP contribution in [0.15, 0.2) is 24.3 Å². The van der Waals surface area contributed by atoms with Crippen LogP contribution in [0.25, 0.3) is 0 Å². The number of amides is 1. The summed E-state index contributed by atoms with van der Waals surface area (Å²) >= 11 is 0. The van der Waals surface area contributed by atoms with Crippen molar-refractivity contribution in [3.05, 3.63) is 41.2 Å². The van der Waals surface area contributed by atoms with Gasteiger partial charge in [-0.3, -0.25) is 9.59 Å². The second-order valence-corrected chi connectivity index (χ2v) is 7.32. The van der Waals surface area contributed by atoms with Crippen LogP contribution >= 0.6 is 0 Å². The Morgan fingerprint density at radius 2 is 2.06 bits per heavy atom. The molecule has 3 N–H and O–H groups in total. The quantitative estimate of drug-likeness (QED) is 0.444. The number of carbonyl (C=O) groups is 2. The molecule has 2 aromatic rings. The van der Waals surface area contributed by atoms with Crippen LogP contribution in [0.2, 0.25) is 0 Å². The lowest BCUT2D eigenvalue weighted by Gasteiger charge is -2.25. The highest BCUT2D eigenvalue weighted by Crippen LogP contribution is 2.24. The van der Waals surface area contributed by atoms with Crippen molar-refractivity contribution in [3.63, 3.8) is 0 Å². The molecule has 8 nitrogen and oxygen atoms in total. The molecule has 1 aliphatic rings. The Morgan fingerprint density at radius 3 is 2.79 bits per heavy atom. The van der Waals surface area contributed by atoms with Gasteiger partial charge in [0.1, 0.15) is 11.5 Å². The second-order valence-electron chi connectivity index (χ2n) is 7.32. The zero-order valence-corrected chi connectivity index (χ0v) is 18.8. The molecule has 1 fully saturated rings. The minimum absolute atomic E-state index is 0.200. The fraction of sp³-hybridized carbons (Fsp3) is 0.360. The van der Waals surface area contributed by atoms with E-state index in [1.165, 1.54) is 0 Å². The van der Waals surface area contributed by atoms with Crippen LogP contribution in [0.4, 0.5) is 17.3 Å². The number of nitrogens with zero attached hydrogens (tertiary/aromatic N) is 2. The summed E-state index contributed by atoms with van der Waals surface area (Å²) in [5, 5.41) is 9.26. The van der Waals surface area contributed by atoms with Gasteiger partial charge in [-0.1, -0.05) is 30.8 Å². The normalized spacial score (nSPS) is 13.0. The van der Waals surface area contributed by atoms with Gasteiger partial charge in [0.25, 0.3) is 5.91 Å². The van der Waals surface area contributed by atoms with E-state index in [9.17, 15) is 9.59 Å². The lowest BCUT2D eigenvalue weighted by atomic mass is 10.1. The van der Waals surface area contributed by atoms with Crippen LogP contribution in [-0.4, -0.2) is 48.0 Å². The maximum absolute atomic E-state index is 11.7. The summed E-state index contributed by atoms with van der Waals surface area (Å²) in [5.74, 6) is 11.5. The van der Waals surface area contributed by atoms with Gasteiger partial charge in [0, 0.05) is 30.5 Å². The first-order chi connectivity index (χ1) is 16.1. The summed E-state index contributed by atoms with van der Waals surface area (Å²) in [5.41, 5.74) is 2.48. The monoisotopic (exact) mass is 445 g/mol. The van der Waals surface area contributed by atoms with E-state index in [1.807, 2.05) is 31.2 Å². The molecule has 0 aliphatic carbocycles. The van der Waals surface area contributed by atoms with E-state index < -0.39 is 0 Å². The minimum Gasteiger partial charge on any atom is -0.381 e. The topological polar surface area (TPSA) is 105 Å². The number of nitrogens with one attached hydrogen (secondary N) is 3. The lowest BCUT2D eigenvalue weighted by Crippen LogP contribution is -2.29. The molecule has 33 heavy (non-hydrogen) atoms. The highest BCUT2D eigenvalue weighted by Gasteiger charge is 2.18. The zero-order valence-electron chi connectivity index (χ0n) is 18.8. The molecule has 2 heterocycles. The van der Waals surface area contributed by atoms with Crippen LogP contribution < -0.4 is 16.0 Å². The van der Waals surface area contributed by atoms with Crippen molar-refractivity contribution in [2.75, 3.05) is 30.4 Å². The predicted molar refractivity (Wildman–Crippen MR) is 127 cm³/mol. The van der Waals surface area contributed by atoms with Crippen molar-refractivity contribution in [1.82, 2.24) is 15.3 Å². The van der Waals surface area contributed by atoms with E-state index in [2.05, 4.69) is 44.6 Å². The number of anilines is 3. The summed E-state index contributed by atoms with van der Waals surface area (Å²) in [4.78, 5) is 32.3. The Hall–Kier alpha value is -3.88. The highest BCUT2D eigenvalue weighted by molar-refractivity contribution is 5.93. The highest BCUT2D eigenvalue weighted by atomic mass is 16.5. The predicted octanol–water partition coefficient (Wildman–Crippen LogP) is 2.68. The van der Waals surface area contributed by atoms with E-state index in [4.69, 9.17) is 9.72 Å². The summed E-state index contributed by atoms with van der Waals surface area (Å²) in [7, 11) is 0. The van der Waals surface area contributed by atoms with Crippen LogP contribution in [0.3, 0.4) is 0 Å². The number of ether oxygens (including phenoxy) is 1. The van der Waals surface area contributed by atoms with Gasteiger partial charge < -0.3 is 20.7 Å². The lowest BCUT2D eigenvalue weighted by molar-refractivity contribution is -0.115. The largest absolute Gasteiger partial charge is 0.381 e. The van der Waals surface area contributed by atoms with E-state index in [0.717, 1.165) is 29.8 Å². The number of hydrogen-bond donors (Lipinski definition) is 3. The van der Waals surface area contributed by atoms with Crippen LogP contribution in [0.1, 0.15) is 48.4 Å². The molecule has 1 saturated heterocycles. The van der Waals surface area contributed by atoms with Gasteiger partial charge in [0.15, 0.2) is 12.1 Å². The van der Waals surface area contributed by atoms with Crippen molar-refractivity contribution in [2.45, 2.75) is 39.2 Å². The Balaban J connectivity index is 1.77. The minimum atomic E-state index is -0.358. The SMILES string of the molecule is CC#CC(=O)NCC#Cc1cccc(Nc2nc(NC3CCOCC3)c(CC)nc2C=O)c1. The van der Waals surface area contributed by atoms with Crippen molar-refractivity contribution in [2.24, 2.45) is 0 Å². The fourth-order valence-electron chi connectivity index (χ4n) is 3.30. The van der Waals surface area contributed by atoms with Gasteiger partial charge >= 0.3 is 0 Å². The Bertz CT molecular complexity index is 1120. The summed E-state index contributed by atoms with van der Waals surface area (Å²) in [6.45, 7) is 5.22. The van der Waals surface area contributed by atoms with Gasteiger partial charge in [-0.15, -0.1) is 0 Å². The third-order valence-corrected chi connectivity index (χ3v) is 4.94. The maximum Gasteiger partial charge on any atom is 0.296 e. The third-order valence-electron chi connectivity index (χ3n) is 4.94. The molecule has 0 saturated carbocycles. The summed E-state index contributed by atoms with van der Waals surface area (Å²) < 4.78 is 5.43. The number of benzene rings is 1. The molecule has 0 radical (unpaired) electrons. The van der Waals surface area contributed by atoms with Gasteiger partial charge in [-0.2, -0.15) is 0 Å². The first kappa shape index (κ1) is 23.8. The number of aldehydes is 1. The molecule has 1 aromatic heterocycles. The standard InChI is InChI=1S/C25H27N5O3/c1-3-7-23(32)26-13-6-9-18-8-5-10-20(16-18)28-25-22(17-31)29-21(4-2)24(30-25)27-19-11-14-33-15-12-19/h5,8,10,16-17,19H,4,11-15H2,1-2H3,(H,26,32)(H2,27,28,30). The van der Waals surface area contributed by atoms with E-state index >= 15 is 0 Å². The molecule has 0 spiro atoms. The average molecular weight is 446 g/mol. The number of aryl methyl sites for hydroxylation is 1. The van der Waals surface area contributed by atoms with E-state index in [-0.39, 0.29) is 24.2 Å². The summed E-state index contributed by atoms with van der Waals surface area (Å²) in [6, 6.07) is 7.67. The van der Waals surface area contributed by atoms with Crippen LogP contribution in [0.5, 0.6) is 0 Å². The number of aromatic nitrogens is 2. The molecule has 0 bridgehead atoms. The molecule has 170 valence electrons. The molecule has 1 aromatic carbocycles. The molecule has 3 rings (SSSR count). The fourth-order valence-corrected chi connectivity index (χ4v) is 3.30. The van der Waals surface area contributed by atoms with Crippen LogP contribution in [0, 0.1) is 23.7 Å².